The first kappa shape index (κ1) is 16.9. The zero-order chi connectivity index (χ0) is 17.4. The van der Waals surface area contributed by atoms with Crippen LogP contribution in [0, 0.1) is 5.82 Å². The van der Waals surface area contributed by atoms with E-state index in [-0.39, 0.29) is 28.2 Å². The molecule has 0 aliphatic rings. The van der Waals surface area contributed by atoms with Crippen LogP contribution < -0.4 is 5.43 Å². The Kier molecular flexibility index (Phi) is 4.60. The van der Waals surface area contributed by atoms with Crippen LogP contribution in [0.15, 0.2) is 22.3 Å². The molecule has 1 aromatic carbocycles. The topological polar surface area (TPSA) is 47.8 Å². The van der Waals surface area contributed by atoms with Crippen molar-refractivity contribution in [2.24, 2.45) is 0 Å². The van der Waals surface area contributed by atoms with E-state index in [0.717, 1.165) is 10.9 Å². The molecule has 7 heteroatoms. The van der Waals surface area contributed by atoms with Gasteiger partial charge in [0, 0.05) is 22.0 Å². The lowest BCUT2D eigenvalue weighted by Crippen LogP contribution is -2.14. The summed E-state index contributed by atoms with van der Waals surface area (Å²) in [4.78, 5) is 25.3. The molecule has 0 saturated heterocycles. The molecule has 0 aliphatic heterocycles. The molecule has 0 saturated carbocycles. The number of esters is 1. The van der Waals surface area contributed by atoms with Crippen LogP contribution in [0.4, 0.5) is 4.39 Å². The van der Waals surface area contributed by atoms with Gasteiger partial charge in [-0.3, -0.25) is 9.59 Å². The summed E-state index contributed by atoms with van der Waals surface area (Å²) in [6, 6.07) is 2.60. The Labute approximate surface area is 146 Å². The first-order valence-corrected chi connectivity index (χ1v) is 8.82. The van der Waals surface area contributed by atoms with E-state index in [2.05, 4.69) is 0 Å². The minimum atomic E-state index is -0.634. The second-order valence-corrected chi connectivity index (χ2v) is 6.56. The summed E-state index contributed by atoms with van der Waals surface area (Å²) in [5, 5.41) is 2.02. The van der Waals surface area contributed by atoms with Crippen LogP contribution in [-0.4, -0.2) is 17.0 Å². The lowest BCUT2D eigenvalue weighted by Gasteiger charge is -2.10. The maximum Gasteiger partial charge on any atom is 0.311 e. The zero-order valence-corrected chi connectivity index (χ0v) is 14.8. The fourth-order valence-corrected chi connectivity index (χ4v) is 4.08. The molecule has 0 amide bonds. The molecule has 2 aromatic heterocycles. The number of hydrogen-bond donors (Lipinski definition) is 0. The Morgan fingerprint density at radius 3 is 2.79 bits per heavy atom. The van der Waals surface area contributed by atoms with Crippen molar-refractivity contribution < 1.29 is 13.9 Å². The molecule has 126 valence electrons. The van der Waals surface area contributed by atoms with Crippen LogP contribution in [0.1, 0.15) is 25.1 Å². The van der Waals surface area contributed by atoms with Gasteiger partial charge in [-0.15, -0.1) is 11.3 Å². The lowest BCUT2D eigenvalue weighted by atomic mass is 10.1. The molecule has 2 heterocycles. The number of rotatable bonds is 4. The molecule has 0 spiro atoms. The number of aryl methyl sites for hydroxylation is 1. The molecule has 0 N–H and O–H groups in total. The Balaban J connectivity index is 2.37. The van der Waals surface area contributed by atoms with Gasteiger partial charge in [-0.05, 0) is 25.5 Å². The van der Waals surface area contributed by atoms with Gasteiger partial charge in [-0.2, -0.15) is 0 Å². The Morgan fingerprint density at radius 1 is 1.38 bits per heavy atom. The summed E-state index contributed by atoms with van der Waals surface area (Å²) in [6.07, 6.45) is 0.589. The molecule has 3 aromatic rings. The van der Waals surface area contributed by atoms with Gasteiger partial charge in [-0.25, -0.2) is 4.39 Å². The van der Waals surface area contributed by atoms with Crippen molar-refractivity contribution >= 4 is 44.6 Å². The number of halogens is 2. The van der Waals surface area contributed by atoms with Crippen LogP contribution >= 0.6 is 22.9 Å². The predicted octanol–water partition coefficient (Wildman–Crippen LogP) is 3.97. The van der Waals surface area contributed by atoms with E-state index in [0.29, 0.717) is 29.8 Å². The molecule has 3 rings (SSSR count). The number of thiazole rings is 1. The van der Waals surface area contributed by atoms with Gasteiger partial charge < -0.3 is 9.14 Å². The van der Waals surface area contributed by atoms with Gasteiger partial charge in [0.05, 0.1) is 23.6 Å². The molecule has 0 radical (unpaired) electrons. The highest BCUT2D eigenvalue weighted by Crippen LogP contribution is 2.28. The molecule has 0 fully saturated rings. The van der Waals surface area contributed by atoms with E-state index in [1.54, 1.807) is 6.92 Å². The molecular formula is C17H15ClFNO3S. The van der Waals surface area contributed by atoms with Crippen LogP contribution in [-0.2, 0) is 22.4 Å². The average molecular weight is 368 g/mol. The van der Waals surface area contributed by atoms with Crippen molar-refractivity contribution in [1.29, 1.82) is 0 Å². The highest BCUT2D eigenvalue weighted by molar-refractivity contribution is 7.15. The van der Waals surface area contributed by atoms with Gasteiger partial charge in [-0.1, -0.05) is 18.5 Å². The first-order valence-electron chi connectivity index (χ1n) is 7.56. The minimum Gasteiger partial charge on any atom is -0.466 e. The smallest absolute Gasteiger partial charge is 0.311 e. The standard InChI is InChI=1S/C17H15ClFNO3S/c1-3-10-16(22)11-6-13(19)12(18)7-14(11)20-9(8-24-17(10)20)5-15(21)23-4-2/h6-8H,3-5H2,1-2H3. The SMILES string of the molecule is CCOC(=O)Cc1csc2c(CC)c(=O)c3cc(F)c(Cl)cc3n12. The van der Waals surface area contributed by atoms with E-state index >= 15 is 0 Å². The van der Waals surface area contributed by atoms with E-state index < -0.39 is 5.82 Å². The second kappa shape index (κ2) is 6.53. The molecular weight excluding hydrogens is 353 g/mol. The number of fused-ring (bicyclic) bond motifs is 3. The number of aromatic nitrogens is 1. The van der Waals surface area contributed by atoms with E-state index in [9.17, 15) is 14.0 Å². The van der Waals surface area contributed by atoms with Gasteiger partial charge in [0.2, 0.25) is 0 Å². The van der Waals surface area contributed by atoms with E-state index in [4.69, 9.17) is 16.3 Å². The monoisotopic (exact) mass is 367 g/mol. The Hall–Kier alpha value is -1.92. The largest absolute Gasteiger partial charge is 0.466 e. The van der Waals surface area contributed by atoms with Crippen LogP contribution in [0.3, 0.4) is 0 Å². The van der Waals surface area contributed by atoms with E-state index in [1.807, 2.05) is 16.7 Å². The van der Waals surface area contributed by atoms with Crippen LogP contribution in [0.25, 0.3) is 15.7 Å². The van der Waals surface area contributed by atoms with Gasteiger partial charge in [0.15, 0.2) is 5.43 Å². The van der Waals surface area contributed by atoms with Gasteiger partial charge >= 0.3 is 5.97 Å². The Bertz CT molecular complexity index is 1010. The number of benzene rings is 1. The number of pyridine rings is 1. The van der Waals surface area contributed by atoms with Crippen molar-refractivity contribution in [1.82, 2.24) is 4.40 Å². The van der Waals surface area contributed by atoms with Crippen molar-refractivity contribution in [2.75, 3.05) is 6.61 Å². The summed E-state index contributed by atoms with van der Waals surface area (Å²) < 4.78 is 20.7. The highest BCUT2D eigenvalue weighted by atomic mass is 35.5. The molecule has 4 nitrogen and oxygen atoms in total. The van der Waals surface area contributed by atoms with Crippen molar-refractivity contribution in [2.45, 2.75) is 26.7 Å². The lowest BCUT2D eigenvalue weighted by molar-refractivity contribution is -0.142. The third-order valence-electron chi connectivity index (χ3n) is 3.84. The van der Waals surface area contributed by atoms with Crippen LogP contribution in [0.5, 0.6) is 0 Å². The van der Waals surface area contributed by atoms with Gasteiger partial charge in [0.1, 0.15) is 10.6 Å². The fourth-order valence-electron chi connectivity index (χ4n) is 2.79. The minimum absolute atomic E-state index is 0.0618. The molecule has 0 unspecified atom stereocenters. The zero-order valence-electron chi connectivity index (χ0n) is 13.2. The van der Waals surface area contributed by atoms with Gasteiger partial charge in [0.25, 0.3) is 0 Å². The molecule has 24 heavy (non-hydrogen) atoms. The summed E-state index contributed by atoms with van der Waals surface area (Å²) in [5.41, 5.74) is 1.59. The van der Waals surface area contributed by atoms with Crippen molar-refractivity contribution in [3.05, 3.63) is 49.8 Å². The molecule has 0 atom stereocenters. The summed E-state index contributed by atoms with van der Waals surface area (Å²) in [5.74, 6) is -0.985. The summed E-state index contributed by atoms with van der Waals surface area (Å²) >= 11 is 7.29. The van der Waals surface area contributed by atoms with E-state index in [1.165, 1.54) is 17.4 Å². The third-order valence-corrected chi connectivity index (χ3v) is 5.17. The number of hydrogen-bond acceptors (Lipinski definition) is 4. The van der Waals surface area contributed by atoms with Crippen molar-refractivity contribution in [3.63, 3.8) is 0 Å². The summed E-state index contributed by atoms with van der Waals surface area (Å²) in [7, 11) is 0. The average Bonchev–Trinajstić information content (AvgIpc) is 2.93. The number of carbonyl (C=O) groups excluding carboxylic acids is 1. The maximum absolute atomic E-state index is 13.8. The first-order chi connectivity index (χ1) is 11.5. The second-order valence-electron chi connectivity index (χ2n) is 5.29. The summed E-state index contributed by atoms with van der Waals surface area (Å²) in [6.45, 7) is 3.92. The third kappa shape index (κ3) is 2.70. The number of carbonyl (C=O) groups is 1. The van der Waals surface area contributed by atoms with Crippen molar-refractivity contribution in [3.8, 4) is 0 Å². The Morgan fingerprint density at radius 2 is 2.12 bits per heavy atom. The van der Waals surface area contributed by atoms with Crippen LogP contribution in [0.2, 0.25) is 5.02 Å². The highest BCUT2D eigenvalue weighted by Gasteiger charge is 2.18. The molecule has 0 aliphatic carbocycles. The molecule has 0 bridgehead atoms. The fraction of sp³-hybridized carbons (Fsp3) is 0.294. The normalized spacial score (nSPS) is 11.3. The maximum atomic E-state index is 13.8. The quantitative estimate of drug-likeness (QED) is 0.655. The number of ether oxygens (including phenoxy) is 1. The number of nitrogens with zero attached hydrogens (tertiary/aromatic N) is 1. The predicted molar refractivity (Wildman–Crippen MR) is 93.7 cm³/mol.